The number of para-hydroxylation sites is 1. The van der Waals surface area contributed by atoms with Crippen molar-refractivity contribution in [3.63, 3.8) is 0 Å². The number of aromatic nitrogens is 3. The van der Waals surface area contributed by atoms with Crippen molar-refractivity contribution in [2.45, 2.75) is 20.4 Å². The maximum absolute atomic E-state index is 5.66. The van der Waals surface area contributed by atoms with Gasteiger partial charge < -0.3 is 8.98 Å². The summed E-state index contributed by atoms with van der Waals surface area (Å²) in [4.78, 5) is 0. The van der Waals surface area contributed by atoms with E-state index in [0.717, 1.165) is 12.2 Å². The molecule has 0 fully saturated rings. The molecule has 0 saturated heterocycles. The Hall–Kier alpha value is -2.88. The molecule has 114 valence electrons. The molecule has 2 aromatic carbocycles. The van der Waals surface area contributed by atoms with E-state index in [9.17, 15) is 0 Å². The van der Waals surface area contributed by atoms with Crippen LogP contribution in [-0.2, 0) is 6.54 Å². The fraction of sp³-hybridized carbons (Fsp3) is 0.158. The fourth-order valence-corrected chi connectivity index (χ4v) is 2.92. The minimum atomic E-state index is 0.562. The summed E-state index contributed by atoms with van der Waals surface area (Å²) < 4.78 is 7.91. The van der Waals surface area contributed by atoms with Crippen LogP contribution < -0.4 is 0 Å². The largest absolute Gasteiger partial charge is 0.420 e. The minimum absolute atomic E-state index is 0.562. The molecule has 0 aliphatic rings. The zero-order chi connectivity index (χ0) is 15.8. The summed E-state index contributed by atoms with van der Waals surface area (Å²) in [6.45, 7) is 4.72. The van der Waals surface area contributed by atoms with Crippen molar-refractivity contribution in [3.8, 4) is 11.6 Å². The van der Waals surface area contributed by atoms with Gasteiger partial charge in [-0.05, 0) is 30.2 Å². The fourth-order valence-electron chi connectivity index (χ4n) is 2.92. The quantitative estimate of drug-likeness (QED) is 0.565. The van der Waals surface area contributed by atoms with Gasteiger partial charge in [0.25, 0.3) is 5.89 Å². The van der Waals surface area contributed by atoms with Crippen molar-refractivity contribution >= 4 is 10.9 Å². The molecule has 2 aromatic heterocycles. The average Bonchev–Trinajstić information content (AvgIpc) is 3.14. The number of hydrogen-bond acceptors (Lipinski definition) is 3. The van der Waals surface area contributed by atoms with Crippen LogP contribution in [0, 0.1) is 13.8 Å². The lowest BCUT2D eigenvalue weighted by Gasteiger charge is -2.11. The summed E-state index contributed by atoms with van der Waals surface area (Å²) in [6, 6.07) is 18.9. The van der Waals surface area contributed by atoms with Crippen molar-refractivity contribution in [2.75, 3.05) is 0 Å². The van der Waals surface area contributed by atoms with Gasteiger partial charge in [0.15, 0.2) is 0 Å². The van der Waals surface area contributed by atoms with Crippen LogP contribution in [0.5, 0.6) is 0 Å². The first-order valence-corrected chi connectivity index (χ1v) is 7.65. The van der Waals surface area contributed by atoms with Gasteiger partial charge in [-0.25, -0.2) is 0 Å². The van der Waals surface area contributed by atoms with Crippen LogP contribution >= 0.6 is 0 Å². The highest BCUT2D eigenvalue weighted by atomic mass is 16.4. The van der Waals surface area contributed by atoms with Gasteiger partial charge in [0, 0.05) is 24.4 Å². The molecule has 0 bridgehead atoms. The smallest absolute Gasteiger partial charge is 0.264 e. The lowest BCUT2D eigenvalue weighted by molar-refractivity contribution is 0.528. The third kappa shape index (κ3) is 2.42. The zero-order valence-corrected chi connectivity index (χ0v) is 13.2. The van der Waals surface area contributed by atoms with Gasteiger partial charge in [0.1, 0.15) is 5.69 Å². The second-order valence-electron chi connectivity index (χ2n) is 5.73. The normalized spacial score (nSPS) is 11.2. The van der Waals surface area contributed by atoms with Crippen molar-refractivity contribution in [1.82, 2.24) is 14.8 Å². The maximum Gasteiger partial charge on any atom is 0.264 e. The van der Waals surface area contributed by atoms with Crippen LogP contribution in [0.25, 0.3) is 22.5 Å². The molecule has 0 aliphatic carbocycles. The maximum atomic E-state index is 5.66. The van der Waals surface area contributed by atoms with Crippen molar-refractivity contribution in [3.05, 3.63) is 71.6 Å². The second kappa shape index (κ2) is 5.39. The molecule has 4 rings (SSSR count). The predicted octanol–water partition coefficient (Wildman–Crippen LogP) is 4.36. The summed E-state index contributed by atoms with van der Waals surface area (Å²) in [6.07, 6.45) is 0. The van der Waals surface area contributed by atoms with Crippen molar-refractivity contribution in [1.29, 1.82) is 0 Å². The Morgan fingerprint density at radius 3 is 2.52 bits per heavy atom. The Labute approximate surface area is 134 Å². The monoisotopic (exact) mass is 303 g/mol. The van der Waals surface area contributed by atoms with Gasteiger partial charge in [-0.15, -0.1) is 10.2 Å². The van der Waals surface area contributed by atoms with E-state index in [0.29, 0.717) is 11.8 Å². The average molecular weight is 303 g/mol. The molecule has 0 saturated carbocycles. The summed E-state index contributed by atoms with van der Waals surface area (Å²) in [5.74, 6) is 1.14. The first-order chi connectivity index (χ1) is 11.2. The summed E-state index contributed by atoms with van der Waals surface area (Å²) in [5.41, 5.74) is 4.68. The number of aryl methyl sites for hydroxylation is 2. The van der Waals surface area contributed by atoms with Gasteiger partial charge in [-0.3, -0.25) is 0 Å². The first-order valence-electron chi connectivity index (χ1n) is 7.65. The van der Waals surface area contributed by atoms with Crippen LogP contribution in [0.1, 0.15) is 17.0 Å². The topological polar surface area (TPSA) is 43.9 Å². The van der Waals surface area contributed by atoms with Crippen molar-refractivity contribution in [2.24, 2.45) is 0 Å². The van der Waals surface area contributed by atoms with Gasteiger partial charge >= 0.3 is 0 Å². The van der Waals surface area contributed by atoms with Crippen LogP contribution in [0.15, 0.2) is 59.0 Å². The number of fused-ring (bicyclic) bond motifs is 1. The number of nitrogens with zero attached hydrogens (tertiary/aromatic N) is 3. The lowest BCUT2D eigenvalue weighted by Crippen LogP contribution is -2.03. The van der Waals surface area contributed by atoms with E-state index in [1.807, 2.05) is 13.0 Å². The third-order valence-electron chi connectivity index (χ3n) is 4.15. The Kier molecular flexibility index (Phi) is 3.23. The molecule has 0 N–H and O–H groups in total. The van der Waals surface area contributed by atoms with Crippen LogP contribution in [-0.4, -0.2) is 14.8 Å². The highest BCUT2D eigenvalue weighted by molar-refractivity contribution is 5.85. The molecule has 0 aliphatic heterocycles. The van der Waals surface area contributed by atoms with E-state index in [1.165, 1.54) is 22.0 Å². The van der Waals surface area contributed by atoms with E-state index < -0.39 is 0 Å². The Morgan fingerprint density at radius 1 is 0.957 bits per heavy atom. The van der Waals surface area contributed by atoms with E-state index in [4.69, 9.17) is 4.42 Å². The van der Waals surface area contributed by atoms with Crippen LogP contribution in [0.4, 0.5) is 0 Å². The van der Waals surface area contributed by atoms with E-state index in [-0.39, 0.29) is 0 Å². The highest BCUT2D eigenvalue weighted by Crippen LogP contribution is 2.28. The predicted molar refractivity (Wildman–Crippen MR) is 90.2 cm³/mol. The molecule has 4 heteroatoms. The third-order valence-corrected chi connectivity index (χ3v) is 4.15. The molecule has 0 atom stereocenters. The first kappa shape index (κ1) is 13.8. The molecule has 0 unspecified atom stereocenters. The van der Waals surface area contributed by atoms with Gasteiger partial charge in [-0.1, -0.05) is 42.5 Å². The standard InChI is InChI=1S/C19H17N3O/c1-13-7-3-4-9-16(13)12-22-17-10-6-5-8-15(17)11-18(22)19-21-20-14(2)23-19/h3-11H,12H2,1-2H3. The van der Waals surface area contributed by atoms with Gasteiger partial charge in [0.2, 0.25) is 5.89 Å². The molecule has 4 nitrogen and oxygen atoms in total. The minimum Gasteiger partial charge on any atom is -0.420 e. The van der Waals surface area contributed by atoms with E-state index >= 15 is 0 Å². The molecule has 0 amide bonds. The summed E-state index contributed by atoms with van der Waals surface area (Å²) in [5, 5.41) is 9.34. The number of rotatable bonds is 3. The molecular formula is C19H17N3O. The second-order valence-corrected chi connectivity index (χ2v) is 5.73. The Bertz CT molecular complexity index is 981. The van der Waals surface area contributed by atoms with Gasteiger partial charge in [-0.2, -0.15) is 0 Å². The summed E-state index contributed by atoms with van der Waals surface area (Å²) in [7, 11) is 0. The number of benzene rings is 2. The lowest BCUT2D eigenvalue weighted by atomic mass is 10.1. The summed E-state index contributed by atoms with van der Waals surface area (Å²) >= 11 is 0. The van der Waals surface area contributed by atoms with Crippen LogP contribution in [0.3, 0.4) is 0 Å². The highest BCUT2D eigenvalue weighted by Gasteiger charge is 2.16. The molecule has 23 heavy (non-hydrogen) atoms. The van der Waals surface area contributed by atoms with E-state index in [1.54, 1.807) is 0 Å². The van der Waals surface area contributed by atoms with Gasteiger partial charge in [0.05, 0.1) is 0 Å². The molecule has 4 aromatic rings. The Morgan fingerprint density at radius 2 is 1.74 bits per heavy atom. The number of hydrogen-bond donors (Lipinski definition) is 0. The molecule has 2 heterocycles. The Balaban J connectivity index is 1.91. The molecular weight excluding hydrogens is 286 g/mol. The molecule has 0 spiro atoms. The van der Waals surface area contributed by atoms with Crippen LogP contribution in [0.2, 0.25) is 0 Å². The zero-order valence-electron chi connectivity index (χ0n) is 13.2. The molecule has 0 radical (unpaired) electrons. The van der Waals surface area contributed by atoms with E-state index in [2.05, 4.69) is 70.2 Å². The SMILES string of the molecule is Cc1nnc(-c2cc3ccccc3n2Cc2ccccc2C)o1. The van der Waals surface area contributed by atoms with Crippen molar-refractivity contribution < 1.29 is 4.42 Å².